The number of carboxylic acids is 1. The number of aliphatic carboxylic acids is 1. The van der Waals surface area contributed by atoms with Gasteiger partial charge in [0.05, 0.1) is 12.1 Å². The van der Waals surface area contributed by atoms with Crippen LogP contribution in [0.1, 0.15) is 36.5 Å². The largest absolute Gasteiger partial charge is 0.481 e. The van der Waals surface area contributed by atoms with Crippen LogP contribution in [0.5, 0.6) is 0 Å². The first-order valence-electron chi connectivity index (χ1n) is 8.26. The molecule has 1 unspecified atom stereocenters. The Bertz CT molecular complexity index is 797. The van der Waals surface area contributed by atoms with E-state index < -0.39 is 5.97 Å². The number of rotatable bonds is 7. The van der Waals surface area contributed by atoms with Crippen LogP contribution in [0.2, 0.25) is 0 Å². The molecule has 0 aliphatic carbocycles. The maximum Gasteiger partial charge on any atom is 0.303 e. The summed E-state index contributed by atoms with van der Waals surface area (Å²) in [5.41, 5.74) is 3.05. The average molecular weight is 339 g/mol. The zero-order valence-electron chi connectivity index (χ0n) is 14.4. The van der Waals surface area contributed by atoms with Crippen molar-refractivity contribution in [1.82, 2.24) is 0 Å². The van der Waals surface area contributed by atoms with Crippen molar-refractivity contribution in [2.45, 2.75) is 26.7 Å². The van der Waals surface area contributed by atoms with Crippen molar-refractivity contribution in [3.8, 4) is 0 Å². The molecule has 0 amide bonds. The van der Waals surface area contributed by atoms with Crippen molar-refractivity contribution in [1.29, 1.82) is 5.41 Å². The van der Waals surface area contributed by atoms with Gasteiger partial charge in [-0.25, -0.2) is 4.39 Å². The third-order valence-electron chi connectivity index (χ3n) is 4.23. The van der Waals surface area contributed by atoms with E-state index in [1.54, 1.807) is 25.1 Å². The molecule has 2 rings (SSSR count). The summed E-state index contributed by atoms with van der Waals surface area (Å²) in [6, 6.07) is 14.1. The molecule has 3 nitrogen and oxygen atoms in total. The van der Waals surface area contributed by atoms with E-state index in [1.165, 1.54) is 6.07 Å². The highest BCUT2D eigenvalue weighted by molar-refractivity contribution is 6.10. The highest BCUT2D eigenvalue weighted by Gasteiger charge is 2.18. The van der Waals surface area contributed by atoms with Crippen molar-refractivity contribution in [2.24, 2.45) is 5.92 Å². The first-order valence-corrected chi connectivity index (χ1v) is 8.26. The molecule has 2 aromatic carbocycles. The van der Waals surface area contributed by atoms with Crippen LogP contribution in [0.3, 0.4) is 0 Å². The maximum absolute atomic E-state index is 13.5. The quantitative estimate of drug-likeness (QED) is 0.691. The van der Waals surface area contributed by atoms with Crippen LogP contribution in [0, 0.1) is 24.1 Å². The molecule has 0 aliphatic rings. The fraction of sp³-hybridized carbons (Fsp3) is 0.238. The molecular weight excluding hydrogens is 317 g/mol. The van der Waals surface area contributed by atoms with Gasteiger partial charge in [-0.2, -0.15) is 0 Å². The van der Waals surface area contributed by atoms with E-state index in [1.807, 2.05) is 37.3 Å². The minimum Gasteiger partial charge on any atom is -0.481 e. The second kappa shape index (κ2) is 8.38. The Hall–Kier alpha value is -2.75. The Morgan fingerprint density at radius 1 is 1.20 bits per heavy atom. The summed E-state index contributed by atoms with van der Waals surface area (Å²) in [5.74, 6) is -1.36. The number of carbonyl (C=O) groups is 1. The fourth-order valence-corrected chi connectivity index (χ4v) is 2.80. The lowest BCUT2D eigenvalue weighted by Gasteiger charge is -2.18. The number of allylic oxidation sites excluding steroid dienone is 2. The molecule has 0 aromatic heterocycles. The summed E-state index contributed by atoms with van der Waals surface area (Å²) in [7, 11) is 0. The van der Waals surface area contributed by atoms with Crippen molar-refractivity contribution >= 4 is 17.3 Å². The van der Waals surface area contributed by atoms with Crippen LogP contribution < -0.4 is 0 Å². The van der Waals surface area contributed by atoms with Crippen LogP contribution in [0.25, 0.3) is 5.57 Å². The molecule has 2 aromatic rings. The van der Waals surface area contributed by atoms with E-state index in [-0.39, 0.29) is 23.9 Å². The third kappa shape index (κ3) is 4.86. The lowest BCUT2D eigenvalue weighted by Crippen LogP contribution is -2.11. The van der Waals surface area contributed by atoms with Crippen LogP contribution in [-0.2, 0) is 4.79 Å². The number of carboxylic acid groups (broad SMARTS) is 1. The van der Waals surface area contributed by atoms with Gasteiger partial charge in [0.1, 0.15) is 5.82 Å². The average Bonchev–Trinajstić information content (AvgIpc) is 2.60. The molecule has 25 heavy (non-hydrogen) atoms. The molecule has 0 bridgehead atoms. The summed E-state index contributed by atoms with van der Waals surface area (Å²) in [4.78, 5) is 11.2. The number of benzene rings is 2. The number of hydrogen-bond donors (Lipinski definition) is 2. The lowest BCUT2D eigenvalue weighted by molar-refractivity contribution is -0.137. The molecule has 0 saturated carbocycles. The maximum atomic E-state index is 13.5. The van der Waals surface area contributed by atoms with Crippen LogP contribution in [-0.4, -0.2) is 16.8 Å². The molecule has 0 spiro atoms. The third-order valence-corrected chi connectivity index (χ3v) is 4.23. The van der Waals surface area contributed by atoms with Gasteiger partial charge in [0.2, 0.25) is 0 Å². The predicted octanol–water partition coefficient (Wildman–Crippen LogP) is 5.09. The van der Waals surface area contributed by atoms with Crippen LogP contribution >= 0.6 is 0 Å². The van der Waals surface area contributed by atoms with Gasteiger partial charge in [-0.1, -0.05) is 37.3 Å². The molecule has 0 radical (unpaired) electrons. The fourth-order valence-electron chi connectivity index (χ4n) is 2.80. The Labute approximate surface area is 147 Å². The summed E-state index contributed by atoms with van der Waals surface area (Å²) < 4.78 is 13.5. The van der Waals surface area contributed by atoms with Crippen LogP contribution in [0.4, 0.5) is 4.39 Å². The normalized spacial score (nSPS) is 12.7. The standard InChI is InChI=1S/C21H22FNO2/c1-3-15(12-21(24)25)18(16-7-5-4-6-8-16)13-20(23)17-9-10-19(22)14(2)11-17/h4-11,13,15,23H,3,12H2,1-2H3,(H,24,25). The molecule has 2 N–H and O–H groups in total. The zero-order valence-corrected chi connectivity index (χ0v) is 14.4. The highest BCUT2D eigenvalue weighted by atomic mass is 19.1. The van der Waals surface area contributed by atoms with Gasteiger partial charge in [0.25, 0.3) is 0 Å². The molecule has 1 atom stereocenters. The number of nitrogens with one attached hydrogen (secondary N) is 1. The molecular formula is C21H22FNO2. The summed E-state index contributed by atoms with van der Waals surface area (Å²) >= 11 is 0. The van der Waals surface area contributed by atoms with Crippen molar-refractivity contribution < 1.29 is 14.3 Å². The molecule has 4 heteroatoms. The topological polar surface area (TPSA) is 61.1 Å². The Kier molecular flexibility index (Phi) is 6.23. The van der Waals surface area contributed by atoms with Crippen molar-refractivity contribution in [2.75, 3.05) is 0 Å². The summed E-state index contributed by atoms with van der Waals surface area (Å²) in [5, 5.41) is 17.6. The van der Waals surface area contributed by atoms with Gasteiger partial charge >= 0.3 is 5.97 Å². The number of halogens is 1. The predicted molar refractivity (Wildman–Crippen MR) is 98.4 cm³/mol. The first-order chi connectivity index (χ1) is 11.9. The lowest BCUT2D eigenvalue weighted by atomic mass is 9.86. The Balaban J connectivity index is 2.46. The second-order valence-corrected chi connectivity index (χ2v) is 6.05. The number of aryl methyl sites for hydroxylation is 1. The van der Waals surface area contributed by atoms with E-state index in [0.717, 1.165) is 11.1 Å². The van der Waals surface area contributed by atoms with Gasteiger partial charge in [-0.3, -0.25) is 4.79 Å². The Morgan fingerprint density at radius 2 is 1.88 bits per heavy atom. The first kappa shape index (κ1) is 18.6. The molecule has 0 saturated heterocycles. The van der Waals surface area contributed by atoms with E-state index in [4.69, 9.17) is 5.41 Å². The van der Waals surface area contributed by atoms with Crippen LogP contribution in [0.15, 0.2) is 54.6 Å². The van der Waals surface area contributed by atoms with Crippen molar-refractivity contribution in [3.05, 3.63) is 77.1 Å². The Morgan fingerprint density at radius 3 is 2.44 bits per heavy atom. The molecule has 0 aliphatic heterocycles. The summed E-state index contributed by atoms with van der Waals surface area (Å²) in [6.45, 7) is 3.60. The molecule has 130 valence electrons. The molecule has 0 heterocycles. The zero-order chi connectivity index (χ0) is 18.4. The van der Waals surface area contributed by atoms with Gasteiger partial charge in [0.15, 0.2) is 0 Å². The van der Waals surface area contributed by atoms with E-state index in [2.05, 4.69) is 0 Å². The second-order valence-electron chi connectivity index (χ2n) is 6.05. The van der Waals surface area contributed by atoms with E-state index in [9.17, 15) is 14.3 Å². The minimum absolute atomic E-state index is 0.00690. The number of hydrogen-bond acceptors (Lipinski definition) is 2. The smallest absolute Gasteiger partial charge is 0.303 e. The summed E-state index contributed by atoms with van der Waals surface area (Å²) in [6.07, 6.45) is 2.37. The SMILES string of the molecule is CCC(CC(=O)O)C(=CC(=N)c1ccc(F)c(C)c1)c1ccccc1. The van der Waals surface area contributed by atoms with E-state index >= 15 is 0 Å². The monoisotopic (exact) mass is 339 g/mol. The van der Waals surface area contributed by atoms with E-state index in [0.29, 0.717) is 17.5 Å². The molecule has 0 fully saturated rings. The van der Waals surface area contributed by atoms with Gasteiger partial charge in [0, 0.05) is 0 Å². The van der Waals surface area contributed by atoms with Gasteiger partial charge in [-0.15, -0.1) is 0 Å². The minimum atomic E-state index is -0.863. The van der Waals surface area contributed by atoms with Gasteiger partial charge in [-0.05, 0) is 65.8 Å². The van der Waals surface area contributed by atoms with Crippen molar-refractivity contribution in [3.63, 3.8) is 0 Å². The van der Waals surface area contributed by atoms with Gasteiger partial charge < -0.3 is 10.5 Å². The highest BCUT2D eigenvalue weighted by Crippen LogP contribution is 2.29.